The second-order valence-electron chi connectivity index (χ2n) is 4.80. The summed E-state index contributed by atoms with van der Waals surface area (Å²) < 4.78 is 37.9. The molecule has 2 rings (SSSR count). The summed E-state index contributed by atoms with van der Waals surface area (Å²) in [5.41, 5.74) is 0.479. The first kappa shape index (κ1) is 16.5. The number of halogens is 3. The zero-order chi connectivity index (χ0) is 16.3. The summed E-state index contributed by atoms with van der Waals surface area (Å²) in [6.45, 7) is 3.88. The minimum absolute atomic E-state index is 0.121. The molecule has 1 N–H and O–H groups in total. The van der Waals surface area contributed by atoms with Crippen molar-refractivity contribution in [3.8, 4) is 0 Å². The summed E-state index contributed by atoms with van der Waals surface area (Å²) in [4.78, 5) is 17.2. The van der Waals surface area contributed by atoms with E-state index in [1.807, 2.05) is 13.8 Å². The van der Waals surface area contributed by atoms with Crippen LogP contribution in [0.3, 0.4) is 0 Å². The van der Waals surface area contributed by atoms with Crippen LogP contribution in [0.1, 0.15) is 28.6 Å². The number of aryl methyl sites for hydroxylation is 2. The molecule has 2 aromatic rings. The zero-order valence-corrected chi connectivity index (χ0v) is 12.9. The highest BCUT2D eigenvalue weighted by molar-refractivity contribution is 7.15. The lowest BCUT2D eigenvalue weighted by molar-refractivity contribution is -0.137. The smallest absolute Gasteiger partial charge is 0.302 e. The number of carbonyl (C=O) groups is 1. The molecular formula is C15H15F3N2OS. The summed E-state index contributed by atoms with van der Waals surface area (Å²) in [6, 6.07) is 4.77. The monoisotopic (exact) mass is 328 g/mol. The summed E-state index contributed by atoms with van der Waals surface area (Å²) in [6.07, 6.45) is -3.76. The molecule has 22 heavy (non-hydrogen) atoms. The van der Waals surface area contributed by atoms with Crippen molar-refractivity contribution < 1.29 is 18.0 Å². The number of carbonyl (C=O) groups excluding carboxylic acids is 1. The van der Waals surface area contributed by atoms with Crippen LogP contribution in [0.25, 0.3) is 0 Å². The molecule has 0 fully saturated rings. The van der Waals surface area contributed by atoms with Crippen molar-refractivity contribution in [2.75, 3.05) is 5.32 Å². The van der Waals surface area contributed by atoms with E-state index in [2.05, 4.69) is 10.3 Å². The lowest BCUT2D eigenvalue weighted by Crippen LogP contribution is -2.15. The fourth-order valence-electron chi connectivity index (χ4n) is 2.02. The van der Waals surface area contributed by atoms with Gasteiger partial charge in [0.05, 0.1) is 17.7 Å². The van der Waals surface area contributed by atoms with Crippen molar-refractivity contribution in [3.63, 3.8) is 0 Å². The van der Waals surface area contributed by atoms with Gasteiger partial charge >= 0.3 is 6.18 Å². The summed E-state index contributed by atoms with van der Waals surface area (Å²) in [5, 5.41) is 3.11. The Bertz CT molecular complexity index is 680. The van der Waals surface area contributed by atoms with Gasteiger partial charge in [-0.05, 0) is 25.0 Å². The number of amides is 1. The zero-order valence-electron chi connectivity index (χ0n) is 12.1. The Kier molecular flexibility index (Phi) is 4.85. The standard InChI is InChI=1S/C15H15F3N2OS/c1-3-12-9(2)22-14(19-12)20-13(21)8-10-5-4-6-11(7-10)15(16,17)18/h4-7H,3,8H2,1-2H3,(H,19,20,21). The number of nitrogens with zero attached hydrogens (tertiary/aromatic N) is 1. The molecule has 7 heteroatoms. The molecule has 1 aromatic carbocycles. The molecular weight excluding hydrogens is 313 g/mol. The van der Waals surface area contributed by atoms with Crippen LogP contribution in [-0.4, -0.2) is 10.9 Å². The van der Waals surface area contributed by atoms with Crippen LogP contribution in [0.15, 0.2) is 24.3 Å². The normalized spacial score (nSPS) is 11.5. The first-order valence-corrected chi connectivity index (χ1v) is 7.53. The molecule has 0 saturated carbocycles. The van der Waals surface area contributed by atoms with Crippen molar-refractivity contribution in [2.45, 2.75) is 32.9 Å². The number of anilines is 1. The Morgan fingerprint density at radius 1 is 1.36 bits per heavy atom. The fourth-order valence-corrected chi connectivity index (χ4v) is 2.93. The Morgan fingerprint density at radius 2 is 2.09 bits per heavy atom. The Hall–Kier alpha value is -1.89. The number of thiazole rings is 1. The molecule has 0 saturated heterocycles. The molecule has 0 aliphatic heterocycles. The van der Waals surface area contributed by atoms with Gasteiger partial charge in [0, 0.05) is 4.88 Å². The van der Waals surface area contributed by atoms with Crippen molar-refractivity contribution in [1.82, 2.24) is 4.98 Å². The molecule has 0 bridgehead atoms. The SMILES string of the molecule is CCc1nc(NC(=O)Cc2cccc(C(F)(F)F)c2)sc1C. The molecule has 3 nitrogen and oxygen atoms in total. The lowest BCUT2D eigenvalue weighted by atomic mass is 10.1. The molecule has 0 aliphatic carbocycles. The number of alkyl halides is 3. The van der Waals surface area contributed by atoms with Crippen molar-refractivity contribution in [1.29, 1.82) is 0 Å². The predicted molar refractivity (Wildman–Crippen MR) is 80.0 cm³/mol. The van der Waals surface area contributed by atoms with Crippen LogP contribution in [0.5, 0.6) is 0 Å². The van der Waals surface area contributed by atoms with Gasteiger partial charge < -0.3 is 5.32 Å². The first-order valence-electron chi connectivity index (χ1n) is 6.72. The second-order valence-corrected chi connectivity index (χ2v) is 6.00. The van der Waals surface area contributed by atoms with E-state index >= 15 is 0 Å². The van der Waals surface area contributed by atoms with Crippen molar-refractivity contribution >= 4 is 22.4 Å². The molecule has 1 heterocycles. The van der Waals surface area contributed by atoms with Crippen LogP contribution in [0.2, 0.25) is 0 Å². The van der Waals surface area contributed by atoms with Gasteiger partial charge in [0.2, 0.25) is 5.91 Å². The van der Waals surface area contributed by atoms with Crippen LogP contribution in [0, 0.1) is 6.92 Å². The van der Waals surface area contributed by atoms with Gasteiger partial charge in [0.15, 0.2) is 5.13 Å². The van der Waals surface area contributed by atoms with E-state index in [4.69, 9.17) is 0 Å². The minimum Gasteiger partial charge on any atom is -0.302 e. The Morgan fingerprint density at radius 3 is 2.68 bits per heavy atom. The maximum absolute atomic E-state index is 12.6. The van der Waals surface area contributed by atoms with Gasteiger partial charge in [0.1, 0.15) is 0 Å². The molecule has 1 amide bonds. The average molecular weight is 328 g/mol. The number of hydrogen-bond acceptors (Lipinski definition) is 3. The van der Waals surface area contributed by atoms with Crippen molar-refractivity contribution in [2.24, 2.45) is 0 Å². The van der Waals surface area contributed by atoms with E-state index in [9.17, 15) is 18.0 Å². The van der Waals surface area contributed by atoms with Gasteiger partial charge in [0.25, 0.3) is 0 Å². The Labute approximate surface area is 130 Å². The third-order valence-electron chi connectivity index (χ3n) is 3.09. The van der Waals surface area contributed by atoms with Gasteiger partial charge in [-0.3, -0.25) is 4.79 Å². The highest BCUT2D eigenvalue weighted by Crippen LogP contribution is 2.29. The van der Waals surface area contributed by atoms with Gasteiger partial charge in [-0.25, -0.2) is 4.98 Å². The molecule has 0 aliphatic rings. The molecule has 0 unspecified atom stereocenters. The topological polar surface area (TPSA) is 42.0 Å². The van der Waals surface area contributed by atoms with Gasteiger partial charge in [-0.1, -0.05) is 25.1 Å². The number of benzene rings is 1. The molecule has 1 aromatic heterocycles. The van der Waals surface area contributed by atoms with Crippen LogP contribution in [0.4, 0.5) is 18.3 Å². The van der Waals surface area contributed by atoms with E-state index in [0.29, 0.717) is 10.7 Å². The summed E-state index contributed by atoms with van der Waals surface area (Å²) >= 11 is 1.36. The molecule has 0 spiro atoms. The van der Waals surface area contributed by atoms with E-state index in [-0.39, 0.29) is 12.3 Å². The number of hydrogen-bond donors (Lipinski definition) is 1. The van der Waals surface area contributed by atoms with Crippen LogP contribution in [-0.2, 0) is 23.8 Å². The fraction of sp³-hybridized carbons (Fsp3) is 0.333. The first-order chi connectivity index (χ1) is 10.3. The van der Waals surface area contributed by atoms with E-state index in [1.54, 1.807) is 0 Å². The largest absolute Gasteiger partial charge is 0.416 e. The van der Waals surface area contributed by atoms with E-state index in [1.165, 1.54) is 23.5 Å². The van der Waals surface area contributed by atoms with Crippen LogP contribution < -0.4 is 5.32 Å². The van der Waals surface area contributed by atoms with Gasteiger partial charge in [-0.15, -0.1) is 11.3 Å². The second kappa shape index (κ2) is 6.48. The summed E-state index contributed by atoms with van der Waals surface area (Å²) in [7, 11) is 0. The average Bonchev–Trinajstić information content (AvgIpc) is 2.77. The highest BCUT2D eigenvalue weighted by atomic mass is 32.1. The minimum atomic E-state index is -4.41. The van der Waals surface area contributed by atoms with Gasteiger partial charge in [-0.2, -0.15) is 13.2 Å². The number of nitrogens with one attached hydrogen (secondary N) is 1. The molecule has 0 atom stereocenters. The molecule has 118 valence electrons. The quantitative estimate of drug-likeness (QED) is 0.913. The Balaban J connectivity index is 2.05. The lowest BCUT2D eigenvalue weighted by Gasteiger charge is -2.08. The maximum Gasteiger partial charge on any atom is 0.416 e. The summed E-state index contributed by atoms with van der Waals surface area (Å²) in [5.74, 6) is -0.379. The number of rotatable bonds is 4. The van der Waals surface area contributed by atoms with E-state index in [0.717, 1.165) is 29.1 Å². The van der Waals surface area contributed by atoms with E-state index < -0.39 is 11.7 Å². The highest BCUT2D eigenvalue weighted by Gasteiger charge is 2.30. The third kappa shape index (κ3) is 4.07. The van der Waals surface area contributed by atoms with Crippen LogP contribution >= 0.6 is 11.3 Å². The predicted octanol–water partition coefficient (Wildman–Crippen LogP) is 4.21. The molecule has 0 radical (unpaired) electrons. The van der Waals surface area contributed by atoms with Crippen molar-refractivity contribution in [3.05, 3.63) is 46.0 Å². The third-order valence-corrected chi connectivity index (χ3v) is 4.02. The number of aromatic nitrogens is 1. The maximum atomic E-state index is 12.6.